The summed E-state index contributed by atoms with van der Waals surface area (Å²) in [6.45, 7) is 2.31. The number of hydrogen-bond donors (Lipinski definition) is 2. The number of rotatable bonds is 2. The van der Waals surface area contributed by atoms with E-state index in [1.54, 1.807) is 18.2 Å². The zero-order valence-corrected chi connectivity index (χ0v) is 12.4. The lowest BCUT2D eigenvalue weighted by atomic mass is 9.88. The van der Waals surface area contributed by atoms with Gasteiger partial charge in [-0.25, -0.2) is 0 Å². The third kappa shape index (κ3) is 3.33. The molecule has 1 aliphatic carbocycles. The zero-order valence-electron chi connectivity index (χ0n) is 11.6. The van der Waals surface area contributed by atoms with Crippen LogP contribution in [0.1, 0.15) is 38.2 Å². The molecule has 2 rings (SSSR count). The van der Waals surface area contributed by atoms with Crippen LogP contribution in [0, 0.1) is 17.3 Å². The SMILES string of the molecule is CC1(C(=O)Nc2ccc(Cl)c(C#CCN)c2)CCCC1. The van der Waals surface area contributed by atoms with Crippen LogP contribution >= 0.6 is 11.6 Å². The van der Waals surface area contributed by atoms with Crippen LogP contribution in [0.2, 0.25) is 5.02 Å². The summed E-state index contributed by atoms with van der Waals surface area (Å²) in [6.07, 6.45) is 4.15. The maximum Gasteiger partial charge on any atom is 0.230 e. The Bertz CT molecular complexity index is 566. The molecule has 3 N–H and O–H groups in total. The topological polar surface area (TPSA) is 55.1 Å². The van der Waals surface area contributed by atoms with Crippen molar-refractivity contribution in [1.82, 2.24) is 0 Å². The Morgan fingerprint density at radius 3 is 2.80 bits per heavy atom. The summed E-state index contributed by atoms with van der Waals surface area (Å²) in [4.78, 5) is 12.3. The van der Waals surface area contributed by atoms with Gasteiger partial charge in [0.1, 0.15) is 0 Å². The molecular weight excluding hydrogens is 272 g/mol. The van der Waals surface area contributed by atoms with Gasteiger partial charge in [0.2, 0.25) is 5.91 Å². The Labute approximate surface area is 124 Å². The Kier molecular flexibility index (Phi) is 4.69. The molecule has 0 aliphatic heterocycles. The zero-order chi connectivity index (χ0) is 14.6. The predicted octanol–water partition coefficient (Wildman–Crippen LogP) is 3.17. The summed E-state index contributed by atoms with van der Waals surface area (Å²) in [5.41, 5.74) is 6.53. The van der Waals surface area contributed by atoms with Gasteiger partial charge in [0.25, 0.3) is 0 Å². The van der Waals surface area contributed by atoms with Crippen molar-refractivity contribution in [1.29, 1.82) is 0 Å². The lowest BCUT2D eigenvalue weighted by Gasteiger charge is -2.22. The molecule has 1 aromatic rings. The van der Waals surface area contributed by atoms with Crippen LogP contribution < -0.4 is 11.1 Å². The minimum atomic E-state index is -0.247. The molecule has 0 atom stereocenters. The van der Waals surface area contributed by atoms with Gasteiger partial charge in [0.05, 0.1) is 11.6 Å². The summed E-state index contributed by atoms with van der Waals surface area (Å²) in [5, 5.41) is 3.54. The van der Waals surface area contributed by atoms with Gasteiger partial charge in [-0.1, -0.05) is 43.2 Å². The fourth-order valence-electron chi connectivity index (χ4n) is 2.51. The van der Waals surface area contributed by atoms with E-state index >= 15 is 0 Å². The predicted molar refractivity (Wildman–Crippen MR) is 82.6 cm³/mol. The standard InChI is InChI=1S/C16H19ClN2O/c1-16(8-2-3-9-16)15(20)19-13-6-7-14(17)12(11-13)5-4-10-18/h6-7,11H,2-3,8-10,18H2,1H3,(H,19,20). The molecule has 0 saturated heterocycles. The lowest BCUT2D eigenvalue weighted by molar-refractivity contribution is -0.124. The van der Waals surface area contributed by atoms with Crippen molar-refractivity contribution in [2.75, 3.05) is 11.9 Å². The molecule has 3 nitrogen and oxygen atoms in total. The fraction of sp³-hybridized carbons (Fsp3) is 0.438. The van der Waals surface area contributed by atoms with Gasteiger partial charge in [-0.2, -0.15) is 0 Å². The number of anilines is 1. The molecule has 0 unspecified atom stereocenters. The molecule has 1 fully saturated rings. The van der Waals surface area contributed by atoms with Gasteiger partial charge in [-0.3, -0.25) is 4.79 Å². The quantitative estimate of drug-likeness (QED) is 0.822. The highest BCUT2D eigenvalue weighted by molar-refractivity contribution is 6.31. The number of benzene rings is 1. The Morgan fingerprint density at radius 1 is 1.45 bits per heavy atom. The van der Waals surface area contributed by atoms with Crippen LogP contribution in [-0.4, -0.2) is 12.5 Å². The molecule has 0 aromatic heterocycles. The number of nitrogens with one attached hydrogen (secondary N) is 1. The normalized spacial score (nSPS) is 16.4. The van der Waals surface area contributed by atoms with E-state index in [4.69, 9.17) is 17.3 Å². The van der Waals surface area contributed by atoms with Crippen molar-refractivity contribution in [2.45, 2.75) is 32.6 Å². The maximum atomic E-state index is 12.3. The lowest BCUT2D eigenvalue weighted by Crippen LogP contribution is -2.30. The average Bonchev–Trinajstić information content (AvgIpc) is 2.87. The molecule has 1 saturated carbocycles. The first kappa shape index (κ1) is 14.9. The highest BCUT2D eigenvalue weighted by atomic mass is 35.5. The second-order valence-corrected chi connectivity index (χ2v) is 5.83. The molecular formula is C16H19ClN2O. The minimum Gasteiger partial charge on any atom is -0.326 e. The van der Waals surface area contributed by atoms with Crippen LogP contribution in [-0.2, 0) is 4.79 Å². The highest BCUT2D eigenvalue weighted by Gasteiger charge is 2.36. The molecule has 106 valence electrons. The summed E-state index contributed by atoms with van der Waals surface area (Å²) in [6, 6.07) is 5.34. The van der Waals surface area contributed by atoms with Crippen LogP contribution in [0.15, 0.2) is 18.2 Å². The van der Waals surface area contributed by atoms with Crippen molar-refractivity contribution in [3.8, 4) is 11.8 Å². The van der Waals surface area contributed by atoms with Gasteiger partial charge < -0.3 is 11.1 Å². The fourth-order valence-corrected chi connectivity index (χ4v) is 2.67. The first-order valence-corrected chi connectivity index (χ1v) is 7.23. The van der Waals surface area contributed by atoms with E-state index in [2.05, 4.69) is 17.2 Å². The molecule has 0 heterocycles. The number of carbonyl (C=O) groups is 1. The van der Waals surface area contributed by atoms with Gasteiger partial charge in [-0.15, -0.1) is 0 Å². The van der Waals surface area contributed by atoms with Crippen LogP contribution in [0.3, 0.4) is 0 Å². The van der Waals surface area contributed by atoms with E-state index in [0.717, 1.165) is 31.4 Å². The van der Waals surface area contributed by atoms with E-state index in [-0.39, 0.29) is 17.9 Å². The third-order valence-electron chi connectivity index (χ3n) is 3.80. The Balaban J connectivity index is 2.15. The van der Waals surface area contributed by atoms with Crippen molar-refractivity contribution in [3.05, 3.63) is 28.8 Å². The summed E-state index contributed by atoms with van der Waals surface area (Å²) >= 11 is 6.07. The monoisotopic (exact) mass is 290 g/mol. The molecule has 0 radical (unpaired) electrons. The van der Waals surface area contributed by atoms with Crippen molar-refractivity contribution >= 4 is 23.2 Å². The van der Waals surface area contributed by atoms with Crippen LogP contribution in [0.25, 0.3) is 0 Å². The molecule has 4 heteroatoms. The van der Waals surface area contributed by atoms with Crippen molar-refractivity contribution < 1.29 is 4.79 Å². The highest BCUT2D eigenvalue weighted by Crippen LogP contribution is 2.38. The molecule has 1 aromatic carbocycles. The molecule has 0 spiro atoms. The van der Waals surface area contributed by atoms with Gasteiger partial charge in [0.15, 0.2) is 0 Å². The molecule has 20 heavy (non-hydrogen) atoms. The number of amides is 1. The maximum absolute atomic E-state index is 12.3. The first-order valence-electron chi connectivity index (χ1n) is 6.85. The first-order chi connectivity index (χ1) is 9.55. The van der Waals surface area contributed by atoms with Gasteiger partial charge in [-0.05, 0) is 31.0 Å². The van der Waals surface area contributed by atoms with Crippen LogP contribution in [0.5, 0.6) is 0 Å². The van der Waals surface area contributed by atoms with Gasteiger partial charge in [0, 0.05) is 16.7 Å². The third-order valence-corrected chi connectivity index (χ3v) is 4.13. The Hall–Kier alpha value is -1.50. The van der Waals surface area contributed by atoms with Crippen molar-refractivity contribution in [2.24, 2.45) is 11.1 Å². The van der Waals surface area contributed by atoms with E-state index in [9.17, 15) is 4.79 Å². The summed E-state index contributed by atoms with van der Waals surface area (Å²) in [7, 11) is 0. The summed E-state index contributed by atoms with van der Waals surface area (Å²) in [5.74, 6) is 5.75. The van der Waals surface area contributed by atoms with Gasteiger partial charge >= 0.3 is 0 Å². The summed E-state index contributed by atoms with van der Waals surface area (Å²) < 4.78 is 0. The van der Waals surface area contributed by atoms with E-state index in [0.29, 0.717) is 10.6 Å². The van der Waals surface area contributed by atoms with E-state index in [1.165, 1.54) is 0 Å². The van der Waals surface area contributed by atoms with Crippen LogP contribution in [0.4, 0.5) is 5.69 Å². The van der Waals surface area contributed by atoms with E-state index in [1.807, 2.05) is 6.92 Å². The minimum absolute atomic E-state index is 0.0788. The number of halogens is 1. The molecule has 1 amide bonds. The van der Waals surface area contributed by atoms with E-state index < -0.39 is 0 Å². The Morgan fingerprint density at radius 2 is 2.15 bits per heavy atom. The number of carbonyl (C=O) groups excluding carboxylic acids is 1. The smallest absolute Gasteiger partial charge is 0.230 e. The molecule has 0 bridgehead atoms. The largest absolute Gasteiger partial charge is 0.326 e. The number of hydrogen-bond acceptors (Lipinski definition) is 2. The average molecular weight is 291 g/mol. The second kappa shape index (κ2) is 6.30. The van der Waals surface area contributed by atoms with Crippen molar-refractivity contribution in [3.63, 3.8) is 0 Å². The second-order valence-electron chi connectivity index (χ2n) is 5.42. The number of nitrogens with two attached hydrogens (primary N) is 1. The molecule has 1 aliphatic rings.